The summed E-state index contributed by atoms with van der Waals surface area (Å²) in [6.07, 6.45) is -4.56. The van der Waals surface area contributed by atoms with Crippen molar-refractivity contribution in [2.75, 3.05) is 13.7 Å². The normalized spacial score (nSPS) is 13.8. The summed E-state index contributed by atoms with van der Waals surface area (Å²) in [5.41, 5.74) is -0.912. The Kier molecular flexibility index (Phi) is 5.95. The molecule has 1 N–H and O–H groups in total. The summed E-state index contributed by atoms with van der Waals surface area (Å²) >= 11 is 0. The minimum Gasteiger partial charge on any atom is -0.383 e. The fourth-order valence-electron chi connectivity index (χ4n) is 1.87. The molecule has 1 aromatic carbocycles. The molecule has 0 bridgehead atoms. The van der Waals surface area contributed by atoms with Crippen molar-refractivity contribution in [3.05, 3.63) is 35.1 Å². The van der Waals surface area contributed by atoms with Crippen molar-refractivity contribution in [2.24, 2.45) is 5.92 Å². The Morgan fingerprint density at radius 3 is 2.40 bits per heavy atom. The van der Waals surface area contributed by atoms with Crippen molar-refractivity contribution in [1.82, 2.24) is 5.32 Å². The number of rotatable bonds is 6. The van der Waals surface area contributed by atoms with E-state index >= 15 is 0 Å². The Labute approximate surface area is 116 Å². The maximum atomic E-state index is 13.0. The van der Waals surface area contributed by atoms with Crippen LogP contribution in [0, 0.1) is 11.7 Å². The molecular weight excluding hydrogens is 274 g/mol. The van der Waals surface area contributed by atoms with E-state index in [4.69, 9.17) is 4.74 Å². The largest absolute Gasteiger partial charge is 0.416 e. The van der Waals surface area contributed by atoms with E-state index in [0.29, 0.717) is 12.7 Å². The molecule has 1 atom stereocenters. The van der Waals surface area contributed by atoms with Crippen LogP contribution < -0.4 is 5.32 Å². The molecule has 20 heavy (non-hydrogen) atoms. The summed E-state index contributed by atoms with van der Waals surface area (Å²) in [5, 5.41) is 3.02. The van der Waals surface area contributed by atoms with Crippen LogP contribution in [0.1, 0.15) is 25.0 Å². The highest BCUT2D eigenvalue weighted by molar-refractivity contribution is 5.30. The lowest BCUT2D eigenvalue weighted by molar-refractivity contribution is -0.138. The van der Waals surface area contributed by atoms with E-state index in [1.165, 1.54) is 7.11 Å². The molecule has 0 aliphatic heterocycles. The van der Waals surface area contributed by atoms with E-state index in [2.05, 4.69) is 5.32 Å². The van der Waals surface area contributed by atoms with Gasteiger partial charge < -0.3 is 10.1 Å². The van der Waals surface area contributed by atoms with Crippen LogP contribution in [-0.4, -0.2) is 19.8 Å². The number of hydrogen-bond acceptors (Lipinski definition) is 2. The van der Waals surface area contributed by atoms with Crippen LogP contribution in [0.5, 0.6) is 0 Å². The minimum atomic E-state index is -4.56. The van der Waals surface area contributed by atoms with Crippen LogP contribution in [0.25, 0.3) is 0 Å². The highest BCUT2D eigenvalue weighted by Crippen LogP contribution is 2.32. The van der Waals surface area contributed by atoms with Crippen LogP contribution in [-0.2, 0) is 17.5 Å². The zero-order chi connectivity index (χ0) is 15.3. The van der Waals surface area contributed by atoms with Gasteiger partial charge >= 0.3 is 6.18 Å². The van der Waals surface area contributed by atoms with Crippen LogP contribution >= 0.6 is 0 Å². The summed E-state index contributed by atoms with van der Waals surface area (Å²) in [6.45, 7) is 4.32. The second-order valence-corrected chi connectivity index (χ2v) is 4.99. The fourth-order valence-corrected chi connectivity index (χ4v) is 1.87. The molecule has 0 radical (unpaired) electrons. The second-order valence-electron chi connectivity index (χ2n) is 4.99. The molecule has 0 amide bonds. The molecule has 0 saturated heterocycles. The van der Waals surface area contributed by atoms with Gasteiger partial charge in [0.15, 0.2) is 0 Å². The molecule has 0 aliphatic carbocycles. The lowest BCUT2D eigenvalue weighted by Gasteiger charge is -2.22. The Balaban J connectivity index is 2.87. The summed E-state index contributed by atoms with van der Waals surface area (Å²) < 4.78 is 56.5. The van der Waals surface area contributed by atoms with Gasteiger partial charge in [-0.05, 0) is 23.6 Å². The van der Waals surface area contributed by atoms with Crippen molar-refractivity contribution < 1.29 is 22.3 Å². The summed E-state index contributed by atoms with van der Waals surface area (Å²) in [4.78, 5) is 0. The van der Waals surface area contributed by atoms with Gasteiger partial charge in [-0.2, -0.15) is 13.2 Å². The van der Waals surface area contributed by atoms with Crippen molar-refractivity contribution in [1.29, 1.82) is 0 Å². The number of alkyl halides is 3. The maximum absolute atomic E-state index is 13.0. The fraction of sp³-hybridized carbons (Fsp3) is 0.571. The maximum Gasteiger partial charge on any atom is 0.416 e. The number of nitrogens with one attached hydrogen (secondary N) is 1. The molecule has 0 saturated carbocycles. The highest BCUT2D eigenvalue weighted by atomic mass is 19.4. The molecule has 0 aliphatic rings. The number of hydrogen-bond donors (Lipinski definition) is 1. The molecule has 6 heteroatoms. The zero-order valence-corrected chi connectivity index (χ0v) is 11.7. The molecule has 2 nitrogen and oxygen atoms in total. The van der Waals surface area contributed by atoms with Gasteiger partial charge in [-0.1, -0.05) is 19.9 Å². The van der Waals surface area contributed by atoms with Gasteiger partial charge in [0.1, 0.15) is 5.82 Å². The first kappa shape index (κ1) is 16.9. The third-order valence-corrected chi connectivity index (χ3v) is 3.08. The average Bonchev–Trinajstić information content (AvgIpc) is 2.34. The predicted octanol–water partition coefficient (Wildman–Crippen LogP) is 3.61. The Bertz CT molecular complexity index is 432. The van der Waals surface area contributed by atoms with Gasteiger partial charge in [-0.15, -0.1) is 0 Å². The minimum absolute atomic E-state index is 0.0152. The topological polar surface area (TPSA) is 21.3 Å². The van der Waals surface area contributed by atoms with Crippen LogP contribution in [0.15, 0.2) is 18.2 Å². The third-order valence-electron chi connectivity index (χ3n) is 3.08. The number of benzene rings is 1. The van der Waals surface area contributed by atoms with Crippen LogP contribution in [0.2, 0.25) is 0 Å². The summed E-state index contributed by atoms with van der Waals surface area (Å²) in [6, 6.07) is 2.66. The Morgan fingerprint density at radius 1 is 1.25 bits per heavy atom. The molecule has 114 valence electrons. The quantitative estimate of drug-likeness (QED) is 0.809. The molecule has 0 spiro atoms. The van der Waals surface area contributed by atoms with E-state index in [0.717, 1.165) is 12.1 Å². The molecule has 1 unspecified atom stereocenters. The van der Waals surface area contributed by atoms with E-state index in [1.807, 2.05) is 13.8 Å². The van der Waals surface area contributed by atoms with E-state index < -0.39 is 17.6 Å². The van der Waals surface area contributed by atoms with E-state index in [1.54, 1.807) is 0 Å². The molecule has 0 aromatic heterocycles. The first-order valence-corrected chi connectivity index (χ1v) is 6.33. The van der Waals surface area contributed by atoms with E-state index in [9.17, 15) is 17.6 Å². The Morgan fingerprint density at radius 2 is 1.90 bits per heavy atom. The summed E-state index contributed by atoms with van der Waals surface area (Å²) in [5.74, 6) is -0.678. The first-order chi connectivity index (χ1) is 9.25. The van der Waals surface area contributed by atoms with Crippen molar-refractivity contribution in [3.8, 4) is 0 Å². The standard InChI is InChI=1S/C14H19F4NO/c1-9(2)13(8-20-3)19-7-10-4-5-11(15)6-12(10)14(16,17)18/h4-6,9,13,19H,7-8H2,1-3H3. The molecule has 0 fully saturated rings. The molecular formula is C14H19F4NO. The van der Waals surface area contributed by atoms with Crippen LogP contribution in [0.3, 0.4) is 0 Å². The van der Waals surface area contributed by atoms with Crippen LogP contribution in [0.4, 0.5) is 17.6 Å². The second kappa shape index (κ2) is 7.04. The number of halogens is 4. The smallest absolute Gasteiger partial charge is 0.383 e. The molecule has 1 rings (SSSR count). The number of ether oxygens (including phenoxy) is 1. The van der Waals surface area contributed by atoms with Gasteiger partial charge in [-0.25, -0.2) is 4.39 Å². The van der Waals surface area contributed by atoms with Gasteiger partial charge in [-0.3, -0.25) is 0 Å². The van der Waals surface area contributed by atoms with Gasteiger partial charge in [0.25, 0.3) is 0 Å². The van der Waals surface area contributed by atoms with Crippen molar-refractivity contribution >= 4 is 0 Å². The van der Waals surface area contributed by atoms with Crippen molar-refractivity contribution in [3.63, 3.8) is 0 Å². The van der Waals surface area contributed by atoms with Gasteiger partial charge in [0, 0.05) is 19.7 Å². The lowest BCUT2D eigenvalue weighted by Crippen LogP contribution is -2.37. The SMILES string of the molecule is COCC(NCc1ccc(F)cc1C(F)(F)F)C(C)C. The number of methoxy groups -OCH3 is 1. The van der Waals surface area contributed by atoms with Gasteiger partial charge in [0.2, 0.25) is 0 Å². The van der Waals surface area contributed by atoms with Gasteiger partial charge in [0.05, 0.1) is 12.2 Å². The third kappa shape index (κ3) is 4.76. The first-order valence-electron chi connectivity index (χ1n) is 6.33. The summed E-state index contributed by atoms with van der Waals surface area (Å²) in [7, 11) is 1.54. The van der Waals surface area contributed by atoms with E-state index in [-0.39, 0.29) is 24.1 Å². The molecule has 0 heterocycles. The molecule has 1 aromatic rings. The van der Waals surface area contributed by atoms with Crippen molar-refractivity contribution in [2.45, 2.75) is 32.6 Å². The predicted molar refractivity (Wildman–Crippen MR) is 68.7 cm³/mol. The monoisotopic (exact) mass is 293 g/mol. The Hall–Kier alpha value is -1.14. The lowest BCUT2D eigenvalue weighted by atomic mass is 10.0. The zero-order valence-electron chi connectivity index (χ0n) is 11.7. The highest BCUT2D eigenvalue weighted by Gasteiger charge is 2.33. The average molecular weight is 293 g/mol.